The number of urea groups is 1. The van der Waals surface area contributed by atoms with E-state index in [1.54, 1.807) is 0 Å². The summed E-state index contributed by atoms with van der Waals surface area (Å²) in [7, 11) is 0. The summed E-state index contributed by atoms with van der Waals surface area (Å²) in [6, 6.07) is -0.460. The number of nitrogens with one attached hydrogen (secondary N) is 1. The van der Waals surface area contributed by atoms with E-state index >= 15 is 0 Å². The molecule has 0 saturated heterocycles. The Bertz CT molecular complexity index is 281. The molecule has 0 aromatic rings. The maximum absolute atomic E-state index is 11.6. The van der Waals surface area contributed by atoms with Crippen molar-refractivity contribution in [2.24, 2.45) is 5.73 Å². The minimum atomic E-state index is -0.986. The summed E-state index contributed by atoms with van der Waals surface area (Å²) >= 11 is 0. The van der Waals surface area contributed by atoms with E-state index in [0.717, 1.165) is 12.8 Å². The van der Waals surface area contributed by atoms with Crippen molar-refractivity contribution in [3.8, 4) is 0 Å². The second kappa shape index (κ2) is 8.37. The number of nitrogens with two attached hydrogens (primary N) is 1. The monoisotopic (exact) mass is 245 g/mol. The molecular formula is C10H19N3O4. The van der Waals surface area contributed by atoms with Crippen LogP contribution >= 0.6 is 0 Å². The maximum Gasteiger partial charge on any atom is 0.317 e. The first-order chi connectivity index (χ1) is 7.97. The van der Waals surface area contributed by atoms with Crippen molar-refractivity contribution in [3.63, 3.8) is 0 Å². The molecule has 0 unspecified atom stereocenters. The van der Waals surface area contributed by atoms with Crippen molar-refractivity contribution in [3.05, 3.63) is 0 Å². The Hall–Kier alpha value is -1.79. The molecule has 0 aromatic heterocycles. The average Bonchev–Trinajstić information content (AvgIpc) is 2.22. The molecule has 7 nitrogen and oxygen atoms in total. The molecule has 0 bridgehead atoms. The Morgan fingerprint density at radius 2 is 2.00 bits per heavy atom. The zero-order chi connectivity index (χ0) is 13.3. The number of hydrogen-bond acceptors (Lipinski definition) is 3. The van der Waals surface area contributed by atoms with E-state index in [9.17, 15) is 14.4 Å². The highest BCUT2D eigenvalue weighted by Crippen LogP contribution is 1.95. The number of nitrogens with zero attached hydrogens (tertiary/aromatic N) is 1. The van der Waals surface area contributed by atoms with Crippen LogP contribution in [-0.2, 0) is 9.59 Å². The van der Waals surface area contributed by atoms with Crippen molar-refractivity contribution in [1.82, 2.24) is 10.2 Å². The molecule has 0 saturated carbocycles. The van der Waals surface area contributed by atoms with Crippen LogP contribution in [0.4, 0.5) is 4.79 Å². The summed E-state index contributed by atoms with van der Waals surface area (Å²) in [4.78, 5) is 33.9. The molecule has 0 rings (SSSR count). The first-order valence-corrected chi connectivity index (χ1v) is 5.50. The Labute approximate surface area is 100.0 Å². The fourth-order valence-electron chi connectivity index (χ4n) is 1.18. The van der Waals surface area contributed by atoms with Gasteiger partial charge in [0.15, 0.2) is 0 Å². The second-order valence-electron chi connectivity index (χ2n) is 3.62. The Kier molecular flexibility index (Phi) is 7.49. The molecule has 98 valence electrons. The van der Waals surface area contributed by atoms with Gasteiger partial charge in [0.25, 0.3) is 0 Å². The molecule has 0 aliphatic heterocycles. The van der Waals surface area contributed by atoms with Gasteiger partial charge < -0.3 is 21.1 Å². The summed E-state index contributed by atoms with van der Waals surface area (Å²) in [5.41, 5.74) is 5.03. The lowest BCUT2D eigenvalue weighted by Gasteiger charge is -2.21. The number of aliphatic carboxylic acids is 1. The molecule has 7 heteroatoms. The first kappa shape index (κ1) is 15.2. The lowest BCUT2D eigenvalue weighted by molar-refractivity contribution is -0.136. The number of carboxylic acid groups (broad SMARTS) is 1. The van der Waals surface area contributed by atoms with Crippen molar-refractivity contribution >= 4 is 17.9 Å². The van der Waals surface area contributed by atoms with Crippen molar-refractivity contribution in [1.29, 1.82) is 0 Å². The number of carbonyl (C=O) groups is 3. The van der Waals surface area contributed by atoms with Gasteiger partial charge in [-0.3, -0.25) is 9.59 Å². The first-order valence-electron chi connectivity index (χ1n) is 5.50. The van der Waals surface area contributed by atoms with E-state index < -0.39 is 17.9 Å². The van der Waals surface area contributed by atoms with Gasteiger partial charge in [0, 0.05) is 13.1 Å². The van der Waals surface area contributed by atoms with Gasteiger partial charge in [0.1, 0.15) is 6.54 Å². The molecule has 0 heterocycles. The zero-order valence-electron chi connectivity index (χ0n) is 9.94. The molecule has 3 amide bonds. The van der Waals surface area contributed by atoms with Gasteiger partial charge in [-0.1, -0.05) is 13.3 Å². The summed E-state index contributed by atoms with van der Waals surface area (Å²) in [5, 5.41) is 10.8. The van der Waals surface area contributed by atoms with Crippen LogP contribution in [0.1, 0.15) is 26.2 Å². The summed E-state index contributed by atoms with van der Waals surface area (Å²) in [6.07, 6.45) is 1.50. The van der Waals surface area contributed by atoms with Crippen molar-refractivity contribution in [2.75, 3.05) is 19.6 Å². The van der Waals surface area contributed by atoms with Crippen LogP contribution in [0.15, 0.2) is 0 Å². The number of amides is 3. The topological polar surface area (TPSA) is 113 Å². The van der Waals surface area contributed by atoms with Crippen molar-refractivity contribution in [2.45, 2.75) is 26.2 Å². The lowest BCUT2D eigenvalue weighted by atomic mass is 10.3. The highest BCUT2D eigenvalue weighted by atomic mass is 16.4. The highest BCUT2D eigenvalue weighted by molar-refractivity contribution is 5.83. The second-order valence-corrected chi connectivity index (χ2v) is 3.62. The van der Waals surface area contributed by atoms with Crippen molar-refractivity contribution < 1.29 is 19.5 Å². The van der Waals surface area contributed by atoms with E-state index in [1.807, 2.05) is 6.92 Å². The van der Waals surface area contributed by atoms with Crippen LogP contribution in [0.25, 0.3) is 0 Å². The number of primary amides is 1. The van der Waals surface area contributed by atoms with Crippen LogP contribution in [0, 0.1) is 0 Å². The molecule has 4 N–H and O–H groups in total. The third kappa shape index (κ3) is 8.06. The summed E-state index contributed by atoms with van der Waals surface area (Å²) in [5.74, 6) is -1.57. The Balaban J connectivity index is 4.11. The molecule has 0 aromatic carbocycles. The summed E-state index contributed by atoms with van der Waals surface area (Å²) < 4.78 is 0. The van der Waals surface area contributed by atoms with Gasteiger partial charge in [0.2, 0.25) is 5.91 Å². The summed E-state index contributed by atoms with van der Waals surface area (Å²) in [6.45, 7) is 2.28. The molecule has 17 heavy (non-hydrogen) atoms. The van der Waals surface area contributed by atoms with Crippen LogP contribution in [0.3, 0.4) is 0 Å². The van der Waals surface area contributed by atoms with Gasteiger partial charge in [0.05, 0.1) is 6.42 Å². The quantitative estimate of drug-likeness (QED) is 0.547. The predicted octanol–water partition coefficient (Wildman–Crippen LogP) is -0.242. The van der Waals surface area contributed by atoms with Crippen LogP contribution < -0.4 is 11.1 Å². The standard InChI is InChI=1S/C10H19N3O4/c1-2-3-6-13(7-8(11)14)10(17)12-5-4-9(15)16/h2-7H2,1H3,(H2,11,14)(H,12,17)(H,15,16). The molecule has 0 aliphatic rings. The Morgan fingerprint density at radius 1 is 1.35 bits per heavy atom. The molecular weight excluding hydrogens is 226 g/mol. The molecule has 0 radical (unpaired) electrons. The third-order valence-corrected chi connectivity index (χ3v) is 2.03. The largest absolute Gasteiger partial charge is 0.481 e. The van der Waals surface area contributed by atoms with Crippen LogP contribution in [0.5, 0.6) is 0 Å². The zero-order valence-corrected chi connectivity index (χ0v) is 9.94. The predicted molar refractivity (Wildman–Crippen MR) is 61.3 cm³/mol. The SMILES string of the molecule is CCCCN(CC(N)=O)C(=O)NCCC(=O)O. The van der Waals surface area contributed by atoms with E-state index in [4.69, 9.17) is 10.8 Å². The maximum atomic E-state index is 11.6. The number of rotatable bonds is 8. The van der Waals surface area contributed by atoms with Gasteiger partial charge in [-0.25, -0.2) is 4.79 Å². The number of hydrogen-bond donors (Lipinski definition) is 3. The molecule has 0 fully saturated rings. The number of carbonyl (C=O) groups excluding carboxylic acids is 2. The molecule has 0 atom stereocenters. The van der Waals surface area contributed by atoms with Gasteiger partial charge in [-0.15, -0.1) is 0 Å². The normalized spacial score (nSPS) is 9.71. The van der Waals surface area contributed by atoms with Crippen LogP contribution in [0.2, 0.25) is 0 Å². The van der Waals surface area contributed by atoms with Gasteiger partial charge in [-0.05, 0) is 6.42 Å². The minimum Gasteiger partial charge on any atom is -0.481 e. The molecule has 0 aliphatic carbocycles. The van der Waals surface area contributed by atoms with E-state index in [1.165, 1.54) is 4.90 Å². The van der Waals surface area contributed by atoms with Crippen LogP contribution in [-0.4, -0.2) is 47.5 Å². The minimum absolute atomic E-state index is 0.0373. The Morgan fingerprint density at radius 3 is 2.47 bits per heavy atom. The van der Waals surface area contributed by atoms with Gasteiger partial charge in [-0.2, -0.15) is 0 Å². The van der Waals surface area contributed by atoms with E-state index in [2.05, 4.69) is 5.32 Å². The fourth-order valence-corrected chi connectivity index (χ4v) is 1.18. The number of unbranched alkanes of at least 4 members (excludes halogenated alkanes) is 1. The fraction of sp³-hybridized carbons (Fsp3) is 0.700. The smallest absolute Gasteiger partial charge is 0.317 e. The van der Waals surface area contributed by atoms with E-state index in [-0.39, 0.29) is 19.5 Å². The van der Waals surface area contributed by atoms with Gasteiger partial charge >= 0.3 is 12.0 Å². The third-order valence-electron chi connectivity index (χ3n) is 2.03. The molecule has 0 spiro atoms. The highest BCUT2D eigenvalue weighted by Gasteiger charge is 2.14. The average molecular weight is 245 g/mol. The lowest BCUT2D eigenvalue weighted by Crippen LogP contribution is -2.45. The number of carboxylic acids is 1. The van der Waals surface area contributed by atoms with E-state index in [0.29, 0.717) is 6.54 Å².